The number of ether oxygens (including phenoxy) is 1. The number of rotatable bonds is 3. The van der Waals surface area contributed by atoms with E-state index in [1.165, 1.54) is 16.8 Å². The lowest BCUT2D eigenvalue weighted by Gasteiger charge is -2.14. The van der Waals surface area contributed by atoms with Crippen molar-refractivity contribution in [2.45, 2.75) is 39.3 Å². The average Bonchev–Trinajstić information content (AvgIpc) is 2.92. The van der Waals surface area contributed by atoms with Gasteiger partial charge in [-0.05, 0) is 31.2 Å². The van der Waals surface area contributed by atoms with Crippen LogP contribution in [0.3, 0.4) is 0 Å². The molecule has 0 unspecified atom stereocenters. The Morgan fingerprint density at radius 1 is 1.21 bits per heavy atom. The first-order chi connectivity index (χ1) is 11.0. The van der Waals surface area contributed by atoms with Gasteiger partial charge in [-0.2, -0.15) is 18.3 Å². The Labute approximate surface area is 138 Å². The van der Waals surface area contributed by atoms with Crippen LogP contribution >= 0.6 is 0 Å². The highest BCUT2D eigenvalue weighted by atomic mass is 19.4. The predicted molar refractivity (Wildman–Crippen MR) is 83.2 cm³/mol. The van der Waals surface area contributed by atoms with Gasteiger partial charge in [0.25, 0.3) is 0 Å². The molecule has 0 aliphatic rings. The van der Waals surface area contributed by atoms with E-state index in [1.54, 1.807) is 13.0 Å². The van der Waals surface area contributed by atoms with Crippen LogP contribution < -0.4 is 0 Å². The zero-order valence-electron chi connectivity index (χ0n) is 13.9. The highest BCUT2D eigenvalue weighted by Gasteiger charge is 2.31. The van der Waals surface area contributed by atoms with Gasteiger partial charge in [0, 0.05) is 5.41 Å². The molecule has 0 N–H and O–H groups in total. The molecule has 0 atom stereocenters. The van der Waals surface area contributed by atoms with Crippen LogP contribution in [-0.2, 0) is 16.3 Å². The quantitative estimate of drug-likeness (QED) is 0.780. The molecule has 0 amide bonds. The fraction of sp³-hybridized carbons (Fsp3) is 0.412. The highest BCUT2D eigenvalue weighted by molar-refractivity contribution is 5.88. The number of esters is 1. The van der Waals surface area contributed by atoms with E-state index < -0.39 is 17.7 Å². The molecular formula is C17H19F3N2O2. The maximum Gasteiger partial charge on any atom is 0.416 e. The molecule has 0 radical (unpaired) electrons. The van der Waals surface area contributed by atoms with Crippen LogP contribution in [0, 0.1) is 0 Å². The zero-order chi connectivity index (χ0) is 18.1. The first kappa shape index (κ1) is 18.0. The van der Waals surface area contributed by atoms with E-state index >= 15 is 0 Å². The van der Waals surface area contributed by atoms with E-state index in [1.807, 2.05) is 20.8 Å². The number of hydrogen-bond acceptors (Lipinski definition) is 3. The van der Waals surface area contributed by atoms with Crippen LogP contribution in [0.15, 0.2) is 30.3 Å². The van der Waals surface area contributed by atoms with E-state index in [4.69, 9.17) is 4.74 Å². The summed E-state index contributed by atoms with van der Waals surface area (Å²) in [5.41, 5.74) is -0.330. The van der Waals surface area contributed by atoms with Gasteiger partial charge in [-0.15, -0.1) is 0 Å². The van der Waals surface area contributed by atoms with Crippen molar-refractivity contribution >= 4 is 5.97 Å². The van der Waals surface area contributed by atoms with Crippen molar-refractivity contribution in [2.24, 2.45) is 0 Å². The van der Waals surface area contributed by atoms with E-state index in [0.29, 0.717) is 5.69 Å². The maximum absolute atomic E-state index is 12.9. The molecule has 24 heavy (non-hydrogen) atoms. The second kappa shape index (κ2) is 6.30. The molecule has 2 rings (SSSR count). The van der Waals surface area contributed by atoms with Crippen LogP contribution in [0.25, 0.3) is 5.69 Å². The Hall–Kier alpha value is -2.31. The molecule has 7 heteroatoms. The van der Waals surface area contributed by atoms with E-state index in [0.717, 1.165) is 12.1 Å². The minimum Gasteiger partial charge on any atom is -0.461 e. The summed E-state index contributed by atoms with van der Waals surface area (Å²) in [7, 11) is 0. The van der Waals surface area contributed by atoms with Gasteiger partial charge in [0.1, 0.15) is 0 Å². The summed E-state index contributed by atoms with van der Waals surface area (Å²) in [5, 5.41) is 4.33. The van der Waals surface area contributed by atoms with Crippen LogP contribution in [0.1, 0.15) is 49.4 Å². The molecule has 130 valence electrons. The Morgan fingerprint density at radius 3 is 2.42 bits per heavy atom. The summed E-state index contributed by atoms with van der Waals surface area (Å²) in [6.45, 7) is 7.53. The standard InChI is InChI=1S/C17H19F3N2O2/c1-5-24-15(23)13-10-14(16(2,3)4)21-22(13)12-8-6-7-11(9-12)17(18,19)20/h6-10H,5H2,1-4H3. The van der Waals surface area contributed by atoms with E-state index in [9.17, 15) is 18.0 Å². The molecule has 1 aromatic carbocycles. The third-order valence-corrected chi connectivity index (χ3v) is 3.38. The normalized spacial score (nSPS) is 12.3. The van der Waals surface area contributed by atoms with Crippen molar-refractivity contribution in [3.8, 4) is 5.69 Å². The largest absolute Gasteiger partial charge is 0.461 e. The molecule has 1 aromatic heterocycles. The number of hydrogen-bond donors (Lipinski definition) is 0. The SMILES string of the molecule is CCOC(=O)c1cc(C(C)(C)C)nn1-c1cccc(C(F)(F)F)c1. The minimum atomic E-state index is -4.47. The predicted octanol–water partition coefficient (Wildman–Crippen LogP) is 4.37. The molecule has 0 saturated heterocycles. The molecule has 0 fully saturated rings. The summed E-state index contributed by atoms with van der Waals surface area (Å²) in [5.74, 6) is -0.627. The number of carbonyl (C=O) groups is 1. The minimum absolute atomic E-state index is 0.0982. The monoisotopic (exact) mass is 340 g/mol. The van der Waals surface area contributed by atoms with Gasteiger partial charge < -0.3 is 4.74 Å². The van der Waals surface area contributed by atoms with Gasteiger partial charge in [-0.3, -0.25) is 0 Å². The molecule has 0 saturated carbocycles. The fourth-order valence-electron chi connectivity index (χ4n) is 2.11. The number of carbonyl (C=O) groups excluding carboxylic acids is 1. The number of aromatic nitrogens is 2. The van der Waals surface area contributed by atoms with Crippen molar-refractivity contribution in [2.75, 3.05) is 6.61 Å². The molecule has 2 aromatic rings. The van der Waals surface area contributed by atoms with E-state index in [2.05, 4.69) is 5.10 Å². The first-order valence-corrected chi connectivity index (χ1v) is 7.49. The fourth-order valence-corrected chi connectivity index (χ4v) is 2.11. The number of halogens is 3. The number of benzene rings is 1. The summed E-state index contributed by atoms with van der Waals surface area (Å²) in [4.78, 5) is 12.2. The van der Waals surface area contributed by atoms with Crippen LogP contribution in [0.2, 0.25) is 0 Å². The van der Waals surface area contributed by atoms with Gasteiger partial charge in [0.2, 0.25) is 0 Å². The van der Waals surface area contributed by atoms with Gasteiger partial charge in [-0.1, -0.05) is 26.8 Å². The first-order valence-electron chi connectivity index (χ1n) is 7.49. The summed E-state index contributed by atoms with van der Waals surface area (Å²) in [6.07, 6.45) is -4.47. The van der Waals surface area contributed by atoms with Crippen molar-refractivity contribution in [1.82, 2.24) is 9.78 Å². The molecule has 0 aliphatic carbocycles. The number of nitrogens with zero attached hydrogens (tertiary/aromatic N) is 2. The zero-order valence-corrected chi connectivity index (χ0v) is 13.9. The Balaban J connectivity index is 2.60. The van der Waals surface area contributed by atoms with Gasteiger partial charge in [0.05, 0.1) is 23.6 Å². The molecule has 0 bridgehead atoms. The van der Waals surface area contributed by atoms with Crippen molar-refractivity contribution in [1.29, 1.82) is 0 Å². The Bertz CT molecular complexity index is 743. The van der Waals surface area contributed by atoms with Crippen molar-refractivity contribution in [3.05, 3.63) is 47.3 Å². The second-order valence-electron chi connectivity index (χ2n) is 6.35. The summed E-state index contributed by atoms with van der Waals surface area (Å²) < 4.78 is 45.0. The average molecular weight is 340 g/mol. The van der Waals surface area contributed by atoms with Gasteiger partial charge in [-0.25, -0.2) is 9.48 Å². The molecule has 4 nitrogen and oxygen atoms in total. The number of alkyl halides is 3. The molecule has 1 heterocycles. The van der Waals surface area contributed by atoms with Gasteiger partial charge >= 0.3 is 12.1 Å². The summed E-state index contributed by atoms with van der Waals surface area (Å²) in [6, 6.07) is 6.24. The Kier molecular flexibility index (Phi) is 4.73. The smallest absolute Gasteiger partial charge is 0.416 e. The molecular weight excluding hydrogens is 321 g/mol. The lowest BCUT2D eigenvalue weighted by atomic mass is 9.92. The van der Waals surface area contributed by atoms with Crippen LogP contribution in [-0.4, -0.2) is 22.4 Å². The molecule has 0 spiro atoms. The topological polar surface area (TPSA) is 44.1 Å². The van der Waals surface area contributed by atoms with E-state index in [-0.39, 0.29) is 23.4 Å². The van der Waals surface area contributed by atoms with Gasteiger partial charge in [0.15, 0.2) is 5.69 Å². The van der Waals surface area contributed by atoms with Crippen LogP contribution in [0.4, 0.5) is 13.2 Å². The van der Waals surface area contributed by atoms with Crippen molar-refractivity contribution in [3.63, 3.8) is 0 Å². The Morgan fingerprint density at radius 2 is 1.88 bits per heavy atom. The second-order valence-corrected chi connectivity index (χ2v) is 6.35. The highest BCUT2D eigenvalue weighted by Crippen LogP contribution is 2.31. The van der Waals surface area contributed by atoms with Crippen LogP contribution in [0.5, 0.6) is 0 Å². The lowest BCUT2D eigenvalue weighted by molar-refractivity contribution is -0.137. The third kappa shape index (κ3) is 3.77. The third-order valence-electron chi connectivity index (χ3n) is 3.38. The maximum atomic E-state index is 12.9. The lowest BCUT2D eigenvalue weighted by Crippen LogP contribution is -2.14. The summed E-state index contributed by atoms with van der Waals surface area (Å²) >= 11 is 0. The molecule has 0 aliphatic heterocycles. The van der Waals surface area contributed by atoms with Crippen molar-refractivity contribution < 1.29 is 22.7 Å².